The summed E-state index contributed by atoms with van der Waals surface area (Å²) in [6, 6.07) is 0. The van der Waals surface area contributed by atoms with Crippen molar-refractivity contribution in [1.29, 1.82) is 0 Å². The van der Waals surface area contributed by atoms with Crippen LogP contribution in [0.5, 0.6) is 0 Å². The van der Waals surface area contributed by atoms with Crippen LogP contribution in [-0.2, 0) is 4.79 Å². The van der Waals surface area contributed by atoms with Crippen molar-refractivity contribution >= 4 is 5.78 Å². The third kappa shape index (κ3) is 1.41. The van der Waals surface area contributed by atoms with Crippen LogP contribution in [0, 0.1) is 23.7 Å². The molecule has 1 aliphatic carbocycles. The van der Waals surface area contributed by atoms with Crippen LogP contribution < -0.4 is 0 Å². The monoisotopic (exact) mass is 168 g/mol. The molecule has 12 heavy (non-hydrogen) atoms. The quantitative estimate of drug-likeness (QED) is 0.633. The van der Waals surface area contributed by atoms with E-state index in [-0.39, 0.29) is 0 Å². The Morgan fingerprint density at radius 2 is 1.83 bits per heavy atom. The molecule has 1 fully saturated rings. The predicted octanol–water partition coefficient (Wildman–Crippen LogP) is 2.89. The molecule has 1 saturated carbocycles. The van der Waals surface area contributed by atoms with Gasteiger partial charge in [0.25, 0.3) is 0 Å². The summed E-state index contributed by atoms with van der Waals surface area (Å²) < 4.78 is 0. The highest BCUT2D eigenvalue weighted by Gasteiger charge is 2.46. The van der Waals surface area contributed by atoms with Crippen LogP contribution in [0.1, 0.15) is 40.5 Å². The number of hydrogen-bond donors (Lipinski definition) is 0. The minimum Gasteiger partial charge on any atom is -0.300 e. The first-order valence-electron chi connectivity index (χ1n) is 5.10. The summed E-state index contributed by atoms with van der Waals surface area (Å²) in [5.74, 6) is 2.85. The number of rotatable bonds is 3. The van der Waals surface area contributed by atoms with E-state index in [9.17, 15) is 4.79 Å². The lowest BCUT2D eigenvalue weighted by Gasteiger charge is -2.48. The molecule has 0 aromatic carbocycles. The largest absolute Gasteiger partial charge is 0.300 e. The minimum atomic E-state index is 0.375. The van der Waals surface area contributed by atoms with Gasteiger partial charge in [0, 0.05) is 5.92 Å². The Hall–Kier alpha value is -0.330. The molecule has 70 valence electrons. The lowest BCUT2D eigenvalue weighted by molar-refractivity contribution is -0.134. The van der Waals surface area contributed by atoms with Crippen LogP contribution >= 0.6 is 0 Å². The molecule has 4 atom stereocenters. The first kappa shape index (κ1) is 9.76. The predicted molar refractivity (Wildman–Crippen MR) is 50.9 cm³/mol. The van der Waals surface area contributed by atoms with Crippen LogP contribution in [0.4, 0.5) is 0 Å². The van der Waals surface area contributed by atoms with Gasteiger partial charge in [-0.05, 0) is 31.1 Å². The summed E-state index contributed by atoms with van der Waals surface area (Å²) in [5.41, 5.74) is 0. The third-order valence-corrected chi connectivity index (χ3v) is 3.62. The van der Waals surface area contributed by atoms with Gasteiger partial charge in [-0.25, -0.2) is 0 Å². The van der Waals surface area contributed by atoms with Crippen LogP contribution in [0.3, 0.4) is 0 Å². The zero-order chi connectivity index (χ0) is 9.30. The summed E-state index contributed by atoms with van der Waals surface area (Å²) >= 11 is 0. The second kappa shape index (κ2) is 3.59. The maximum Gasteiger partial charge on any atom is 0.133 e. The molecule has 0 saturated heterocycles. The van der Waals surface area contributed by atoms with Crippen LogP contribution in [0.15, 0.2) is 0 Å². The van der Waals surface area contributed by atoms with Crippen molar-refractivity contribution in [2.24, 2.45) is 23.7 Å². The molecular formula is C11H20O. The summed E-state index contributed by atoms with van der Waals surface area (Å²) in [6.45, 7) is 8.44. The highest BCUT2D eigenvalue weighted by Crippen LogP contribution is 2.48. The SMILES string of the molecule is CCCC1C(C)C(C)C1C(C)=O. The average Bonchev–Trinajstić information content (AvgIpc) is 2.02. The fraction of sp³-hybridized carbons (Fsp3) is 0.909. The number of hydrogen-bond acceptors (Lipinski definition) is 1. The highest BCUT2D eigenvalue weighted by molar-refractivity contribution is 5.80. The van der Waals surface area contributed by atoms with Crippen LogP contribution in [0.25, 0.3) is 0 Å². The molecule has 0 aromatic rings. The van der Waals surface area contributed by atoms with Gasteiger partial charge in [0.05, 0.1) is 0 Å². The van der Waals surface area contributed by atoms with E-state index in [4.69, 9.17) is 0 Å². The van der Waals surface area contributed by atoms with Gasteiger partial charge >= 0.3 is 0 Å². The number of Topliss-reactive ketones (excluding diaryl/α,β-unsaturated/α-hetero) is 1. The first-order valence-corrected chi connectivity index (χ1v) is 5.10. The first-order chi connectivity index (χ1) is 5.59. The lowest BCUT2D eigenvalue weighted by Crippen LogP contribution is -2.47. The van der Waals surface area contributed by atoms with Crippen molar-refractivity contribution in [3.05, 3.63) is 0 Å². The van der Waals surface area contributed by atoms with E-state index in [1.807, 2.05) is 0 Å². The molecule has 1 aliphatic rings. The maximum atomic E-state index is 11.3. The van der Waals surface area contributed by atoms with Gasteiger partial charge in [-0.1, -0.05) is 27.2 Å². The second-order valence-corrected chi connectivity index (χ2v) is 4.31. The standard InChI is InChI=1S/C11H20O/c1-5-6-10-7(2)8(3)11(10)9(4)12/h7-8,10-11H,5-6H2,1-4H3. The van der Waals surface area contributed by atoms with E-state index in [1.54, 1.807) is 6.92 Å². The summed E-state index contributed by atoms with van der Waals surface area (Å²) in [7, 11) is 0. The zero-order valence-electron chi connectivity index (χ0n) is 8.63. The third-order valence-electron chi connectivity index (χ3n) is 3.62. The van der Waals surface area contributed by atoms with Gasteiger partial charge < -0.3 is 0 Å². The highest BCUT2D eigenvalue weighted by atomic mass is 16.1. The maximum absolute atomic E-state index is 11.3. The second-order valence-electron chi connectivity index (χ2n) is 4.31. The molecule has 0 aliphatic heterocycles. The minimum absolute atomic E-state index is 0.375. The normalized spacial score (nSPS) is 40.7. The van der Waals surface area contributed by atoms with E-state index in [0.29, 0.717) is 23.5 Å². The number of ketones is 1. The Bertz CT molecular complexity index is 174. The van der Waals surface area contributed by atoms with Crippen molar-refractivity contribution < 1.29 is 4.79 Å². The van der Waals surface area contributed by atoms with E-state index in [2.05, 4.69) is 20.8 Å². The molecule has 0 heterocycles. The van der Waals surface area contributed by atoms with Gasteiger partial charge in [0.2, 0.25) is 0 Å². The van der Waals surface area contributed by atoms with E-state index in [1.165, 1.54) is 12.8 Å². The van der Waals surface area contributed by atoms with Crippen molar-refractivity contribution in [1.82, 2.24) is 0 Å². The molecule has 0 amide bonds. The van der Waals surface area contributed by atoms with E-state index >= 15 is 0 Å². The average molecular weight is 168 g/mol. The number of carbonyl (C=O) groups excluding carboxylic acids is 1. The molecular weight excluding hydrogens is 148 g/mol. The molecule has 0 N–H and O–H groups in total. The molecule has 0 spiro atoms. The molecule has 1 rings (SSSR count). The summed E-state index contributed by atoms with van der Waals surface area (Å²) in [5, 5.41) is 0. The van der Waals surface area contributed by atoms with Gasteiger partial charge in [-0.2, -0.15) is 0 Å². The van der Waals surface area contributed by atoms with Crippen molar-refractivity contribution in [3.8, 4) is 0 Å². The molecule has 4 unspecified atom stereocenters. The van der Waals surface area contributed by atoms with E-state index in [0.717, 1.165) is 5.92 Å². The Kier molecular flexibility index (Phi) is 2.92. The molecule has 0 bridgehead atoms. The molecule has 0 aromatic heterocycles. The Balaban J connectivity index is 2.55. The molecule has 0 radical (unpaired) electrons. The molecule has 1 nitrogen and oxygen atoms in total. The summed E-state index contributed by atoms with van der Waals surface area (Å²) in [4.78, 5) is 11.3. The van der Waals surface area contributed by atoms with Gasteiger partial charge in [-0.3, -0.25) is 4.79 Å². The van der Waals surface area contributed by atoms with Gasteiger partial charge in [-0.15, -0.1) is 0 Å². The van der Waals surface area contributed by atoms with Crippen molar-refractivity contribution in [2.75, 3.05) is 0 Å². The fourth-order valence-electron chi connectivity index (χ4n) is 2.74. The van der Waals surface area contributed by atoms with E-state index < -0.39 is 0 Å². The Labute approximate surface area is 75.5 Å². The van der Waals surface area contributed by atoms with Crippen molar-refractivity contribution in [3.63, 3.8) is 0 Å². The van der Waals surface area contributed by atoms with Crippen molar-refractivity contribution in [2.45, 2.75) is 40.5 Å². The number of carbonyl (C=O) groups is 1. The topological polar surface area (TPSA) is 17.1 Å². The summed E-state index contributed by atoms with van der Waals surface area (Å²) in [6.07, 6.45) is 2.45. The van der Waals surface area contributed by atoms with Crippen LogP contribution in [-0.4, -0.2) is 5.78 Å². The smallest absolute Gasteiger partial charge is 0.133 e. The van der Waals surface area contributed by atoms with Crippen LogP contribution in [0.2, 0.25) is 0 Å². The van der Waals surface area contributed by atoms with Gasteiger partial charge in [0.15, 0.2) is 0 Å². The Morgan fingerprint density at radius 3 is 2.25 bits per heavy atom. The zero-order valence-corrected chi connectivity index (χ0v) is 8.63. The fourth-order valence-corrected chi connectivity index (χ4v) is 2.74. The van der Waals surface area contributed by atoms with Gasteiger partial charge in [0.1, 0.15) is 5.78 Å². The lowest BCUT2D eigenvalue weighted by atomic mass is 9.55. The Morgan fingerprint density at radius 1 is 1.25 bits per heavy atom. The molecule has 1 heteroatoms.